The number of nitrogens with zero attached hydrogens (tertiary/aromatic N) is 1. The molecule has 0 fully saturated rings. The van der Waals surface area contributed by atoms with Gasteiger partial charge in [0.05, 0.1) is 11.0 Å². The van der Waals surface area contributed by atoms with Crippen molar-refractivity contribution in [1.29, 1.82) is 0 Å². The Morgan fingerprint density at radius 1 is 1.20 bits per heavy atom. The average Bonchev–Trinajstić information content (AvgIpc) is 2.59. The molecule has 1 atom stereocenters. The van der Waals surface area contributed by atoms with Crippen LogP contribution in [-0.4, -0.2) is 17.4 Å². The molecule has 0 spiro atoms. The van der Waals surface area contributed by atoms with Gasteiger partial charge in [-0.1, -0.05) is 38.1 Å². The molecular formula is C18H20FN3O3. The van der Waals surface area contributed by atoms with Gasteiger partial charge in [0.25, 0.3) is 11.6 Å². The van der Waals surface area contributed by atoms with Gasteiger partial charge >= 0.3 is 0 Å². The number of hydrogen-bond acceptors (Lipinski definition) is 4. The lowest BCUT2D eigenvalue weighted by molar-refractivity contribution is -0.385. The van der Waals surface area contributed by atoms with Crippen molar-refractivity contribution >= 4 is 11.6 Å². The number of nitrogens with two attached hydrogens (primary N) is 1. The second-order valence-electron chi connectivity index (χ2n) is 6.06. The predicted molar refractivity (Wildman–Crippen MR) is 92.8 cm³/mol. The van der Waals surface area contributed by atoms with Crippen molar-refractivity contribution in [2.75, 3.05) is 6.54 Å². The number of nitro benzene ring substituents is 1. The number of nitro groups is 1. The van der Waals surface area contributed by atoms with Crippen molar-refractivity contribution in [1.82, 2.24) is 5.32 Å². The van der Waals surface area contributed by atoms with Crippen LogP contribution in [0.25, 0.3) is 0 Å². The molecule has 3 N–H and O–H groups in total. The lowest BCUT2D eigenvalue weighted by Gasteiger charge is -2.14. The molecule has 1 unspecified atom stereocenters. The summed E-state index contributed by atoms with van der Waals surface area (Å²) in [5.74, 6) is -1.03. The molecule has 0 aliphatic carbocycles. The summed E-state index contributed by atoms with van der Waals surface area (Å²) >= 11 is 0. The lowest BCUT2D eigenvalue weighted by Crippen LogP contribution is -2.32. The summed E-state index contributed by atoms with van der Waals surface area (Å²) in [7, 11) is 0. The van der Waals surface area contributed by atoms with Crippen LogP contribution in [0, 0.1) is 15.9 Å². The smallest absolute Gasteiger partial charge is 0.285 e. The Kier molecular flexibility index (Phi) is 5.82. The van der Waals surface area contributed by atoms with E-state index in [1.807, 2.05) is 24.3 Å². The largest absolute Gasteiger partial charge is 0.350 e. The van der Waals surface area contributed by atoms with Gasteiger partial charge in [0.15, 0.2) is 0 Å². The number of rotatable bonds is 6. The zero-order chi connectivity index (χ0) is 18.6. The molecular weight excluding hydrogens is 325 g/mol. The first-order valence-electron chi connectivity index (χ1n) is 7.87. The third kappa shape index (κ3) is 4.60. The van der Waals surface area contributed by atoms with Crippen molar-refractivity contribution in [2.45, 2.75) is 25.8 Å². The molecule has 2 rings (SSSR count). The standard InChI is InChI=1S/C18H20FN3O3/c1-11(2)12-3-5-13(6-4-12)16(20)10-21-18(23)15-8-7-14(19)9-17(15)22(24)25/h3-9,11,16H,10,20H2,1-2H3,(H,21,23). The fraction of sp³-hybridized carbons (Fsp3) is 0.278. The predicted octanol–water partition coefficient (Wildman–Crippen LogP) is 3.29. The van der Waals surface area contributed by atoms with Gasteiger partial charge in [0.1, 0.15) is 11.4 Å². The minimum absolute atomic E-state index is 0.106. The molecule has 1 amide bonds. The first kappa shape index (κ1) is 18.5. The average molecular weight is 345 g/mol. The minimum Gasteiger partial charge on any atom is -0.350 e. The van der Waals surface area contributed by atoms with Crippen molar-refractivity contribution in [3.63, 3.8) is 0 Å². The molecule has 0 saturated heterocycles. The summed E-state index contributed by atoms with van der Waals surface area (Å²) in [5, 5.41) is 13.5. The highest BCUT2D eigenvalue weighted by Gasteiger charge is 2.21. The Morgan fingerprint density at radius 2 is 1.80 bits per heavy atom. The number of amides is 1. The van der Waals surface area contributed by atoms with Crippen LogP contribution < -0.4 is 11.1 Å². The highest BCUT2D eigenvalue weighted by atomic mass is 19.1. The SMILES string of the molecule is CC(C)c1ccc(C(N)CNC(=O)c2ccc(F)cc2[N+](=O)[O-])cc1. The first-order chi connectivity index (χ1) is 11.8. The maximum atomic E-state index is 13.1. The summed E-state index contributed by atoms with van der Waals surface area (Å²) in [6, 6.07) is 10.1. The van der Waals surface area contributed by atoms with Crippen LogP contribution in [0.15, 0.2) is 42.5 Å². The molecule has 0 aliphatic rings. The molecule has 0 bridgehead atoms. The molecule has 0 heterocycles. The van der Waals surface area contributed by atoms with E-state index in [1.54, 1.807) is 0 Å². The van der Waals surface area contributed by atoms with Gasteiger partial charge < -0.3 is 11.1 Å². The van der Waals surface area contributed by atoms with E-state index in [0.29, 0.717) is 5.92 Å². The molecule has 6 nitrogen and oxygen atoms in total. The molecule has 0 radical (unpaired) electrons. The number of carbonyl (C=O) groups is 1. The van der Waals surface area contributed by atoms with E-state index in [9.17, 15) is 19.3 Å². The van der Waals surface area contributed by atoms with Crippen LogP contribution in [0.2, 0.25) is 0 Å². The van der Waals surface area contributed by atoms with Gasteiger partial charge in [-0.2, -0.15) is 0 Å². The van der Waals surface area contributed by atoms with Gasteiger partial charge in [-0.25, -0.2) is 4.39 Å². The monoisotopic (exact) mass is 345 g/mol. The van der Waals surface area contributed by atoms with Crippen LogP contribution in [0.3, 0.4) is 0 Å². The third-order valence-electron chi connectivity index (χ3n) is 3.91. The molecule has 25 heavy (non-hydrogen) atoms. The van der Waals surface area contributed by atoms with Crippen molar-refractivity contribution in [3.8, 4) is 0 Å². The number of halogens is 1. The van der Waals surface area contributed by atoms with Crippen LogP contribution in [0.4, 0.5) is 10.1 Å². The zero-order valence-corrected chi connectivity index (χ0v) is 14.0. The molecule has 0 saturated carbocycles. The van der Waals surface area contributed by atoms with E-state index >= 15 is 0 Å². The van der Waals surface area contributed by atoms with Crippen LogP contribution in [-0.2, 0) is 0 Å². The second-order valence-corrected chi connectivity index (χ2v) is 6.06. The molecule has 132 valence electrons. The summed E-state index contributed by atoms with van der Waals surface area (Å²) in [4.78, 5) is 22.3. The topological polar surface area (TPSA) is 98.3 Å². The Bertz CT molecular complexity index is 776. The van der Waals surface area contributed by atoms with Gasteiger partial charge in [0, 0.05) is 12.6 Å². The zero-order valence-electron chi connectivity index (χ0n) is 14.0. The van der Waals surface area contributed by atoms with Gasteiger partial charge in [0.2, 0.25) is 0 Å². The number of benzene rings is 2. The summed E-state index contributed by atoms with van der Waals surface area (Å²) < 4.78 is 13.1. The maximum Gasteiger partial charge on any atom is 0.285 e. The van der Waals surface area contributed by atoms with E-state index in [4.69, 9.17) is 5.73 Å². The van der Waals surface area contributed by atoms with E-state index in [0.717, 1.165) is 23.8 Å². The van der Waals surface area contributed by atoms with E-state index in [1.165, 1.54) is 5.56 Å². The van der Waals surface area contributed by atoms with Gasteiger partial charge in [-0.3, -0.25) is 14.9 Å². The molecule has 0 aromatic heterocycles. The first-order valence-corrected chi connectivity index (χ1v) is 7.87. The van der Waals surface area contributed by atoms with Crippen LogP contribution in [0.5, 0.6) is 0 Å². The Labute approximate surface area is 145 Å². The van der Waals surface area contributed by atoms with E-state index in [2.05, 4.69) is 19.2 Å². The van der Waals surface area contributed by atoms with E-state index in [-0.39, 0.29) is 12.1 Å². The minimum atomic E-state index is -0.789. The third-order valence-corrected chi connectivity index (χ3v) is 3.91. The molecule has 7 heteroatoms. The highest BCUT2D eigenvalue weighted by molar-refractivity contribution is 5.98. The summed E-state index contributed by atoms with van der Waals surface area (Å²) in [5.41, 5.74) is 7.31. The van der Waals surface area contributed by atoms with Gasteiger partial charge in [-0.05, 0) is 29.2 Å². The van der Waals surface area contributed by atoms with E-state index < -0.39 is 28.4 Å². The molecule has 2 aromatic rings. The van der Waals surface area contributed by atoms with Crippen LogP contribution >= 0.6 is 0 Å². The number of hydrogen-bond donors (Lipinski definition) is 2. The van der Waals surface area contributed by atoms with Crippen molar-refractivity contribution in [2.24, 2.45) is 5.73 Å². The molecule has 0 aliphatic heterocycles. The normalized spacial score (nSPS) is 12.0. The molecule has 2 aromatic carbocycles. The summed E-state index contributed by atoms with van der Waals surface area (Å²) in [6.45, 7) is 4.28. The van der Waals surface area contributed by atoms with Crippen molar-refractivity contribution in [3.05, 3.63) is 75.1 Å². The Morgan fingerprint density at radius 3 is 2.36 bits per heavy atom. The summed E-state index contributed by atoms with van der Waals surface area (Å²) in [6.07, 6.45) is 0. The fourth-order valence-corrected chi connectivity index (χ4v) is 2.39. The second kappa shape index (κ2) is 7.85. The number of carbonyl (C=O) groups excluding carboxylic acids is 1. The lowest BCUT2D eigenvalue weighted by atomic mass is 9.99. The van der Waals surface area contributed by atoms with Crippen LogP contribution in [0.1, 0.15) is 47.3 Å². The maximum absolute atomic E-state index is 13.1. The Hall–Kier alpha value is -2.80. The number of nitrogens with one attached hydrogen (secondary N) is 1. The highest BCUT2D eigenvalue weighted by Crippen LogP contribution is 2.20. The fourth-order valence-electron chi connectivity index (χ4n) is 2.39. The quantitative estimate of drug-likeness (QED) is 0.620. The Balaban J connectivity index is 2.05. The van der Waals surface area contributed by atoms with Gasteiger partial charge in [-0.15, -0.1) is 0 Å². The van der Waals surface area contributed by atoms with Crippen molar-refractivity contribution < 1.29 is 14.1 Å².